The number of carbonyl (C=O) groups is 1. The number of nitrogens with one attached hydrogen (secondary N) is 3. The van der Waals surface area contributed by atoms with E-state index in [0.717, 1.165) is 18.5 Å². The van der Waals surface area contributed by atoms with Crippen molar-refractivity contribution in [1.82, 2.24) is 19.7 Å². The lowest BCUT2D eigenvalue weighted by Gasteiger charge is -2.09. The molecule has 4 rings (SSSR count). The van der Waals surface area contributed by atoms with Crippen LogP contribution in [-0.4, -0.2) is 25.7 Å². The maximum absolute atomic E-state index is 12.1. The first-order valence-corrected chi connectivity index (χ1v) is 8.19. The maximum atomic E-state index is 12.1. The van der Waals surface area contributed by atoms with Gasteiger partial charge in [0.15, 0.2) is 5.82 Å². The Labute approximate surface area is 141 Å². The second kappa shape index (κ2) is 6.04. The number of fused-ring (bicyclic) bond motifs is 1. The van der Waals surface area contributed by atoms with Gasteiger partial charge in [-0.2, -0.15) is 5.10 Å². The Morgan fingerprint density at radius 1 is 1.28 bits per heavy atom. The Balaban J connectivity index is 1.49. The molecule has 1 fully saturated rings. The Bertz CT molecular complexity index is 1060. The molecule has 1 aliphatic carbocycles. The van der Waals surface area contributed by atoms with Crippen LogP contribution in [0.25, 0.3) is 10.9 Å². The zero-order valence-electron chi connectivity index (χ0n) is 13.4. The number of anilines is 1. The third-order valence-electron chi connectivity index (χ3n) is 4.35. The van der Waals surface area contributed by atoms with Gasteiger partial charge >= 0.3 is 5.69 Å². The summed E-state index contributed by atoms with van der Waals surface area (Å²) < 4.78 is 1.40. The molecule has 8 nitrogen and oxygen atoms in total. The summed E-state index contributed by atoms with van der Waals surface area (Å²) in [4.78, 5) is 38.3. The second-order valence-corrected chi connectivity index (χ2v) is 6.21. The molecule has 1 aromatic carbocycles. The minimum atomic E-state index is -0.521. The van der Waals surface area contributed by atoms with Crippen LogP contribution in [0.5, 0.6) is 0 Å². The molecule has 128 valence electrons. The summed E-state index contributed by atoms with van der Waals surface area (Å²) in [5.41, 5.74) is 0.607. The van der Waals surface area contributed by atoms with Crippen molar-refractivity contribution in [1.29, 1.82) is 0 Å². The maximum Gasteiger partial charge on any atom is 0.328 e. The molecular formula is C17H17N5O3. The number of benzene rings is 1. The third-order valence-corrected chi connectivity index (χ3v) is 4.35. The fourth-order valence-corrected chi connectivity index (χ4v) is 2.89. The number of amides is 1. The van der Waals surface area contributed by atoms with Crippen LogP contribution in [0.15, 0.2) is 39.9 Å². The van der Waals surface area contributed by atoms with Crippen molar-refractivity contribution in [2.45, 2.75) is 31.7 Å². The highest BCUT2D eigenvalue weighted by atomic mass is 16.2. The molecule has 2 aromatic heterocycles. The lowest BCUT2D eigenvalue weighted by molar-refractivity contribution is -0.116. The summed E-state index contributed by atoms with van der Waals surface area (Å²) in [7, 11) is 0. The Hall–Kier alpha value is -3.16. The first-order valence-electron chi connectivity index (χ1n) is 8.19. The van der Waals surface area contributed by atoms with Gasteiger partial charge in [0.1, 0.15) is 0 Å². The Morgan fingerprint density at radius 3 is 2.88 bits per heavy atom. The van der Waals surface area contributed by atoms with Gasteiger partial charge in [0, 0.05) is 30.6 Å². The van der Waals surface area contributed by atoms with Gasteiger partial charge in [-0.3, -0.25) is 24.2 Å². The molecule has 1 amide bonds. The zero-order valence-corrected chi connectivity index (χ0v) is 13.4. The van der Waals surface area contributed by atoms with Gasteiger partial charge in [-0.15, -0.1) is 0 Å². The summed E-state index contributed by atoms with van der Waals surface area (Å²) in [6.07, 6.45) is 2.40. The quantitative estimate of drug-likeness (QED) is 0.650. The molecule has 0 atom stereocenters. The van der Waals surface area contributed by atoms with Crippen LogP contribution in [-0.2, 0) is 11.3 Å². The number of aromatic amines is 2. The van der Waals surface area contributed by atoms with Gasteiger partial charge in [-0.25, -0.2) is 4.79 Å². The SMILES string of the molecule is O=C(CCn1c(=O)[nH]c(=O)c2ccccc21)Nc1cc(C2CC2)[nH]n1. The fourth-order valence-electron chi connectivity index (χ4n) is 2.89. The standard InChI is InChI=1S/C17H17N5O3/c23-15(18-14-9-12(20-21-14)10-5-6-10)7-8-22-13-4-2-1-3-11(13)16(24)19-17(22)25/h1-4,9-10H,5-8H2,(H,19,24,25)(H2,18,20,21,23). The summed E-state index contributed by atoms with van der Waals surface area (Å²) in [5, 5.41) is 10.2. The Morgan fingerprint density at radius 2 is 2.08 bits per heavy atom. The molecule has 0 bridgehead atoms. The van der Waals surface area contributed by atoms with E-state index in [1.807, 2.05) is 6.07 Å². The molecule has 0 saturated heterocycles. The van der Waals surface area contributed by atoms with Gasteiger partial charge in [-0.05, 0) is 25.0 Å². The molecule has 1 aliphatic rings. The molecule has 0 aliphatic heterocycles. The predicted octanol–water partition coefficient (Wildman–Crippen LogP) is 1.32. The molecular weight excluding hydrogens is 322 g/mol. The largest absolute Gasteiger partial charge is 0.328 e. The summed E-state index contributed by atoms with van der Waals surface area (Å²) in [5.74, 6) is 0.783. The average molecular weight is 339 g/mol. The topological polar surface area (TPSA) is 113 Å². The number of nitrogens with zero attached hydrogens (tertiary/aromatic N) is 2. The summed E-state index contributed by atoms with van der Waals surface area (Å²) in [6, 6.07) is 8.67. The smallest absolute Gasteiger partial charge is 0.309 e. The van der Waals surface area contributed by atoms with Crippen LogP contribution in [0.4, 0.5) is 5.82 Å². The van der Waals surface area contributed by atoms with Gasteiger partial charge in [-0.1, -0.05) is 12.1 Å². The number of H-pyrrole nitrogens is 2. The van der Waals surface area contributed by atoms with E-state index in [9.17, 15) is 14.4 Å². The van der Waals surface area contributed by atoms with Crippen molar-refractivity contribution < 1.29 is 4.79 Å². The van der Waals surface area contributed by atoms with Crippen LogP contribution in [0.1, 0.15) is 30.9 Å². The number of aryl methyl sites for hydroxylation is 1. The summed E-state index contributed by atoms with van der Waals surface area (Å²) >= 11 is 0. The number of carbonyl (C=O) groups excluding carboxylic acids is 1. The highest BCUT2D eigenvalue weighted by Gasteiger charge is 2.25. The fraction of sp³-hybridized carbons (Fsp3) is 0.294. The minimum absolute atomic E-state index is 0.0988. The number of rotatable bonds is 5. The van der Waals surface area contributed by atoms with Gasteiger partial charge in [0.2, 0.25) is 5.91 Å². The predicted molar refractivity (Wildman–Crippen MR) is 92.6 cm³/mol. The van der Waals surface area contributed by atoms with Crippen molar-refractivity contribution in [3.8, 4) is 0 Å². The molecule has 1 saturated carbocycles. The number of para-hydroxylation sites is 1. The van der Waals surface area contributed by atoms with E-state index in [2.05, 4.69) is 20.5 Å². The van der Waals surface area contributed by atoms with Crippen molar-refractivity contribution in [2.75, 3.05) is 5.32 Å². The zero-order chi connectivity index (χ0) is 17.4. The lowest BCUT2D eigenvalue weighted by atomic mass is 10.2. The van der Waals surface area contributed by atoms with E-state index in [4.69, 9.17) is 0 Å². The molecule has 25 heavy (non-hydrogen) atoms. The highest BCUT2D eigenvalue weighted by Crippen LogP contribution is 2.39. The third kappa shape index (κ3) is 3.10. The number of hydrogen-bond donors (Lipinski definition) is 3. The van der Waals surface area contributed by atoms with E-state index in [-0.39, 0.29) is 18.9 Å². The van der Waals surface area contributed by atoms with Gasteiger partial charge < -0.3 is 5.32 Å². The average Bonchev–Trinajstić information content (AvgIpc) is 3.35. The lowest BCUT2D eigenvalue weighted by Crippen LogP contribution is -2.31. The van der Waals surface area contributed by atoms with Crippen LogP contribution in [0, 0.1) is 0 Å². The first kappa shape index (κ1) is 15.4. The van der Waals surface area contributed by atoms with E-state index < -0.39 is 11.2 Å². The van der Waals surface area contributed by atoms with E-state index in [0.29, 0.717) is 22.6 Å². The molecule has 2 heterocycles. The van der Waals surface area contributed by atoms with Gasteiger partial charge in [0.05, 0.1) is 10.9 Å². The van der Waals surface area contributed by atoms with Crippen molar-refractivity contribution in [3.05, 3.63) is 56.9 Å². The normalized spacial score (nSPS) is 13.9. The molecule has 0 spiro atoms. The van der Waals surface area contributed by atoms with Crippen LogP contribution in [0.2, 0.25) is 0 Å². The van der Waals surface area contributed by atoms with E-state index in [1.54, 1.807) is 24.3 Å². The molecule has 3 aromatic rings. The highest BCUT2D eigenvalue weighted by molar-refractivity contribution is 5.89. The van der Waals surface area contributed by atoms with Gasteiger partial charge in [0.25, 0.3) is 5.56 Å². The second-order valence-electron chi connectivity index (χ2n) is 6.21. The van der Waals surface area contributed by atoms with Crippen molar-refractivity contribution in [2.24, 2.45) is 0 Å². The van der Waals surface area contributed by atoms with E-state index in [1.165, 1.54) is 4.57 Å². The monoisotopic (exact) mass is 339 g/mol. The molecule has 3 N–H and O–H groups in total. The summed E-state index contributed by atoms with van der Waals surface area (Å²) in [6.45, 7) is 0.169. The van der Waals surface area contributed by atoms with E-state index >= 15 is 0 Å². The number of aromatic nitrogens is 4. The van der Waals surface area contributed by atoms with Crippen molar-refractivity contribution >= 4 is 22.6 Å². The minimum Gasteiger partial charge on any atom is -0.309 e. The molecule has 0 unspecified atom stereocenters. The van der Waals surface area contributed by atoms with Crippen LogP contribution >= 0.6 is 0 Å². The molecule has 0 radical (unpaired) electrons. The molecule has 8 heteroatoms. The van der Waals surface area contributed by atoms with Crippen LogP contribution < -0.4 is 16.6 Å². The Kier molecular flexibility index (Phi) is 3.72. The number of hydrogen-bond acceptors (Lipinski definition) is 4. The van der Waals surface area contributed by atoms with Crippen molar-refractivity contribution in [3.63, 3.8) is 0 Å². The first-order chi connectivity index (χ1) is 12.1. The van der Waals surface area contributed by atoms with Crippen LogP contribution in [0.3, 0.4) is 0 Å².